The molecule has 0 saturated heterocycles. The van der Waals surface area contributed by atoms with E-state index < -0.39 is 0 Å². The third kappa shape index (κ3) is 2.69. The normalized spacial score (nSPS) is 9.57. The van der Waals surface area contributed by atoms with Gasteiger partial charge in [-0.05, 0) is 31.5 Å². The lowest BCUT2D eigenvalue weighted by Crippen LogP contribution is -2.24. The first-order valence-electron chi connectivity index (χ1n) is 4.48. The molecule has 0 aliphatic carbocycles. The molecule has 0 saturated carbocycles. The van der Waals surface area contributed by atoms with Crippen LogP contribution in [0.5, 0.6) is 0 Å². The van der Waals surface area contributed by atoms with Crippen molar-refractivity contribution in [3.8, 4) is 0 Å². The first-order chi connectivity index (χ1) is 6.63. The Bertz CT molecular complexity index is 338. The quantitative estimate of drug-likeness (QED) is 0.736. The van der Waals surface area contributed by atoms with Crippen molar-refractivity contribution in [2.45, 2.75) is 13.8 Å². The van der Waals surface area contributed by atoms with E-state index in [1.807, 2.05) is 19.9 Å². The van der Waals surface area contributed by atoms with Gasteiger partial charge in [-0.1, -0.05) is 6.08 Å². The lowest BCUT2D eigenvalue weighted by molar-refractivity contribution is 0.0953. The van der Waals surface area contributed by atoms with E-state index in [0.29, 0.717) is 12.2 Å². The molecular formula is C11H14N2O. The van der Waals surface area contributed by atoms with Crippen LogP contribution in [0.3, 0.4) is 0 Å². The lowest BCUT2D eigenvalue weighted by Gasteiger charge is -2.03. The second-order valence-corrected chi connectivity index (χ2v) is 3.17. The van der Waals surface area contributed by atoms with Crippen LogP contribution >= 0.6 is 0 Å². The summed E-state index contributed by atoms with van der Waals surface area (Å²) in [6.07, 6.45) is 1.64. The van der Waals surface area contributed by atoms with Crippen molar-refractivity contribution in [1.29, 1.82) is 0 Å². The SMILES string of the molecule is C=CCNC(=O)c1cc(C)cc(C)n1. The molecule has 0 atom stereocenters. The van der Waals surface area contributed by atoms with Gasteiger partial charge in [-0.25, -0.2) is 4.98 Å². The van der Waals surface area contributed by atoms with E-state index in [9.17, 15) is 4.79 Å². The first-order valence-corrected chi connectivity index (χ1v) is 4.48. The Labute approximate surface area is 83.9 Å². The van der Waals surface area contributed by atoms with Crippen LogP contribution in [0.1, 0.15) is 21.7 Å². The zero-order valence-corrected chi connectivity index (χ0v) is 8.50. The topological polar surface area (TPSA) is 42.0 Å². The number of hydrogen-bond donors (Lipinski definition) is 1. The zero-order chi connectivity index (χ0) is 10.6. The fourth-order valence-corrected chi connectivity index (χ4v) is 1.21. The number of rotatable bonds is 3. The predicted octanol–water partition coefficient (Wildman–Crippen LogP) is 1.61. The van der Waals surface area contributed by atoms with Crippen LogP contribution in [-0.2, 0) is 0 Å². The number of carbonyl (C=O) groups is 1. The molecule has 3 heteroatoms. The summed E-state index contributed by atoms with van der Waals surface area (Å²) in [4.78, 5) is 15.6. The van der Waals surface area contributed by atoms with Crippen molar-refractivity contribution in [2.75, 3.05) is 6.54 Å². The smallest absolute Gasteiger partial charge is 0.270 e. The number of hydrogen-bond acceptors (Lipinski definition) is 2. The van der Waals surface area contributed by atoms with Crippen LogP contribution in [0.25, 0.3) is 0 Å². The fraction of sp³-hybridized carbons (Fsp3) is 0.273. The van der Waals surface area contributed by atoms with Crippen LogP contribution < -0.4 is 5.32 Å². The van der Waals surface area contributed by atoms with Gasteiger partial charge >= 0.3 is 0 Å². The number of aromatic nitrogens is 1. The van der Waals surface area contributed by atoms with Gasteiger partial charge in [0.2, 0.25) is 0 Å². The van der Waals surface area contributed by atoms with Gasteiger partial charge in [0.25, 0.3) is 5.91 Å². The van der Waals surface area contributed by atoms with Crippen molar-refractivity contribution in [1.82, 2.24) is 10.3 Å². The summed E-state index contributed by atoms with van der Waals surface area (Å²) in [5, 5.41) is 2.68. The molecule has 1 heterocycles. The zero-order valence-electron chi connectivity index (χ0n) is 8.50. The molecule has 1 N–H and O–H groups in total. The Hall–Kier alpha value is -1.64. The minimum Gasteiger partial charge on any atom is -0.347 e. The second-order valence-electron chi connectivity index (χ2n) is 3.17. The standard InChI is InChI=1S/C11H14N2O/c1-4-5-12-11(14)10-7-8(2)6-9(3)13-10/h4,6-7H,1,5H2,2-3H3,(H,12,14). The molecule has 1 aromatic rings. The Morgan fingerprint density at radius 1 is 1.57 bits per heavy atom. The van der Waals surface area contributed by atoms with Gasteiger partial charge in [0.15, 0.2) is 0 Å². The van der Waals surface area contributed by atoms with Crippen molar-refractivity contribution >= 4 is 5.91 Å². The van der Waals surface area contributed by atoms with Gasteiger partial charge in [-0.3, -0.25) is 4.79 Å². The number of amides is 1. The largest absolute Gasteiger partial charge is 0.347 e. The Kier molecular flexibility index (Phi) is 3.40. The van der Waals surface area contributed by atoms with Crippen LogP contribution in [0, 0.1) is 13.8 Å². The molecule has 0 aliphatic rings. The molecule has 0 bridgehead atoms. The van der Waals surface area contributed by atoms with Crippen molar-refractivity contribution < 1.29 is 4.79 Å². The molecule has 14 heavy (non-hydrogen) atoms. The molecule has 3 nitrogen and oxygen atoms in total. The molecule has 0 spiro atoms. The maximum Gasteiger partial charge on any atom is 0.270 e. The number of nitrogens with zero attached hydrogens (tertiary/aromatic N) is 1. The Balaban J connectivity index is 2.84. The summed E-state index contributed by atoms with van der Waals surface area (Å²) < 4.78 is 0. The summed E-state index contributed by atoms with van der Waals surface area (Å²) in [5.41, 5.74) is 2.36. The highest BCUT2D eigenvalue weighted by molar-refractivity contribution is 5.92. The molecule has 0 fully saturated rings. The molecule has 0 aliphatic heterocycles. The summed E-state index contributed by atoms with van der Waals surface area (Å²) in [6.45, 7) is 7.81. The van der Waals surface area contributed by atoms with E-state index in [1.54, 1.807) is 12.1 Å². The average molecular weight is 190 g/mol. The molecule has 1 rings (SSSR count). The Morgan fingerprint density at radius 3 is 2.86 bits per heavy atom. The maximum absolute atomic E-state index is 11.5. The number of pyridine rings is 1. The van der Waals surface area contributed by atoms with Gasteiger partial charge in [-0.15, -0.1) is 6.58 Å². The summed E-state index contributed by atoms with van der Waals surface area (Å²) in [6, 6.07) is 3.70. The Morgan fingerprint density at radius 2 is 2.29 bits per heavy atom. The molecule has 1 amide bonds. The summed E-state index contributed by atoms with van der Waals surface area (Å²) >= 11 is 0. The number of nitrogens with one attached hydrogen (secondary N) is 1. The molecule has 0 radical (unpaired) electrons. The van der Waals surface area contributed by atoms with E-state index in [1.165, 1.54) is 0 Å². The van der Waals surface area contributed by atoms with Crippen LogP contribution in [0.2, 0.25) is 0 Å². The van der Waals surface area contributed by atoms with Crippen molar-refractivity contribution in [3.05, 3.63) is 41.7 Å². The van der Waals surface area contributed by atoms with Gasteiger partial charge < -0.3 is 5.32 Å². The maximum atomic E-state index is 11.5. The number of aryl methyl sites for hydroxylation is 2. The van der Waals surface area contributed by atoms with E-state index in [4.69, 9.17) is 0 Å². The van der Waals surface area contributed by atoms with E-state index in [2.05, 4.69) is 16.9 Å². The third-order valence-electron chi connectivity index (χ3n) is 1.74. The van der Waals surface area contributed by atoms with Crippen LogP contribution in [0.15, 0.2) is 24.8 Å². The van der Waals surface area contributed by atoms with E-state index >= 15 is 0 Å². The predicted molar refractivity (Wildman–Crippen MR) is 56.2 cm³/mol. The monoisotopic (exact) mass is 190 g/mol. The minimum absolute atomic E-state index is 0.156. The van der Waals surface area contributed by atoms with E-state index in [-0.39, 0.29) is 5.91 Å². The van der Waals surface area contributed by atoms with Gasteiger partial charge in [0.05, 0.1) is 0 Å². The average Bonchev–Trinajstić information content (AvgIpc) is 2.12. The molecule has 1 aromatic heterocycles. The first kappa shape index (κ1) is 10.4. The van der Waals surface area contributed by atoms with Gasteiger partial charge in [-0.2, -0.15) is 0 Å². The van der Waals surface area contributed by atoms with Gasteiger partial charge in [0, 0.05) is 12.2 Å². The summed E-state index contributed by atoms with van der Waals surface area (Å²) in [7, 11) is 0. The molecule has 0 unspecified atom stereocenters. The highest BCUT2D eigenvalue weighted by atomic mass is 16.1. The lowest BCUT2D eigenvalue weighted by atomic mass is 10.2. The highest BCUT2D eigenvalue weighted by Gasteiger charge is 2.06. The van der Waals surface area contributed by atoms with Crippen LogP contribution in [0.4, 0.5) is 0 Å². The minimum atomic E-state index is -0.156. The van der Waals surface area contributed by atoms with E-state index in [0.717, 1.165) is 11.3 Å². The van der Waals surface area contributed by atoms with Crippen molar-refractivity contribution in [2.24, 2.45) is 0 Å². The third-order valence-corrected chi connectivity index (χ3v) is 1.74. The molecular weight excluding hydrogens is 176 g/mol. The van der Waals surface area contributed by atoms with Crippen LogP contribution in [-0.4, -0.2) is 17.4 Å². The molecule has 74 valence electrons. The molecule has 0 aromatic carbocycles. The number of carbonyl (C=O) groups excluding carboxylic acids is 1. The fourth-order valence-electron chi connectivity index (χ4n) is 1.21. The van der Waals surface area contributed by atoms with Crippen molar-refractivity contribution in [3.63, 3.8) is 0 Å². The second kappa shape index (κ2) is 4.56. The highest BCUT2D eigenvalue weighted by Crippen LogP contribution is 2.03. The van der Waals surface area contributed by atoms with Gasteiger partial charge in [0.1, 0.15) is 5.69 Å². The summed E-state index contributed by atoms with van der Waals surface area (Å²) in [5.74, 6) is -0.156.